The van der Waals surface area contributed by atoms with Gasteiger partial charge in [0.2, 0.25) is 11.8 Å². The number of fused-ring (bicyclic) bond motifs is 1. The quantitative estimate of drug-likeness (QED) is 0.365. The summed E-state index contributed by atoms with van der Waals surface area (Å²) in [5, 5.41) is 19.6. The summed E-state index contributed by atoms with van der Waals surface area (Å²) in [7, 11) is 0. The average Bonchev–Trinajstić information content (AvgIpc) is 3.31. The number of aromatic nitrogens is 4. The van der Waals surface area contributed by atoms with Crippen LogP contribution in [0.3, 0.4) is 0 Å². The highest BCUT2D eigenvalue weighted by Crippen LogP contribution is 2.42. The predicted octanol–water partition coefficient (Wildman–Crippen LogP) is 1.66. The summed E-state index contributed by atoms with van der Waals surface area (Å²) in [4.78, 5) is 32.0. The van der Waals surface area contributed by atoms with Crippen molar-refractivity contribution in [3.05, 3.63) is 29.4 Å². The molecule has 136 valence electrons. The number of nitrogens with one attached hydrogen (secondary N) is 2. The van der Waals surface area contributed by atoms with Crippen molar-refractivity contribution in [2.24, 2.45) is 0 Å². The van der Waals surface area contributed by atoms with Crippen LogP contribution in [0.1, 0.15) is 0 Å². The Bertz CT molecular complexity index is 840. The number of H-pyrrole nitrogens is 1. The van der Waals surface area contributed by atoms with Gasteiger partial charge in [-0.1, -0.05) is 23.1 Å². The third-order valence-electron chi connectivity index (χ3n) is 3.68. The summed E-state index contributed by atoms with van der Waals surface area (Å²) in [6.45, 7) is 0. The van der Waals surface area contributed by atoms with Crippen LogP contribution in [0, 0.1) is 0 Å². The molecule has 2 aromatic rings. The molecule has 0 bridgehead atoms. The Morgan fingerprint density at radius 1 is 1.58 bits per heavy atom. The Morgan fingerprint density at radius 3 is 3.15 bits per heavy atom. The molecule has 13 heteroatoms. The maximum absolute atomic E-state index is 12.6. The molecule has 0 radical (unpaired) electrons. The molecule has 0 saturated carbocycles. The van der Waals surface area contributed by atoms with E-state index < -0.39 is 12.2 Å². The number of ether oxygens (including phenoxy) is 1. The number of β-lactam (4-membered cyclic amide) rings is 1. The number of anilines is 1. The zero-order chi connectivity index (χ0) is 18.1. The third kappa shape index (κ3) is 3.24. The summed E-state index contributed by atoms with van der Waals surface area (Å²) < 4.78 is 5.72. The molecular formula is C13H12N6O4S3. The van der Waals surface area contributed by atoms with Gasteiger partial charge in [-0.05, 0) is 0 Å². The fraction of sp³-hybridized carbons (Fsp3) is 0.308. The first kappa shape index (κ1) is 17.2. The van der Waals surface area contributed by atoms with Gasteiger partial charge < -0.3 is 20.1 Å². The number of amides is 1. The SMILES string of the molecule is O=C(O)OC1=C(CSc2nncs2)CS[C@H]2C(Nc3ncc[nH]3)C(=O)N12. The molecule has 10 nitrogen and oxygen atoms in total. The minimum absolute atomic E-state index is 0.0979. The highest BCUT2D eigenvalue weighted by molar-refractivity contribution is 8.01. The van der Waals surface area contributed by atoms with E-state index in [0.29, 0.717) is 17.5 Å². The number of carbonyl (C=O) groups is 2. The molecule has 2 atom stereocenters. The first-order chi connectivity index (χ1) is 12.6. The zero-order valence-corrected chi connectivity index (χ0v) is 15.4. The average molecular weight is 412 g/mol. The second-order valence-electron chi connectivity index (χ2n) is 5.24. The number of rotatable bonds is 6. The van der Waals surface area contributed by atoms with Crippen molar-refractivity contribution >= 4 is 52.9 Å². The van der Waals surface area contributed by atoms with E-state index in [0.717, 1.165) is 9.91 Å². The van der Waals surface area contributed by atoms with E-state index in [-0.39, 0.29) is 17.2 Å². The Morgan fingerprint density at radius 2 is 2.46 bits per heavy atom. The van der Waals surface area contributed by atoms with Crippen LogP contribution in [0.2, 0.25) is 0 Å². The first-order valence-electron chi connectivity index (χ1n) is 7.36. The number of nitrogens with zero attached hydrogens (tertiary/aromatic N) is 4. The van der Waals surface area contributed by atoms with Crippen molar-refractivity contribution in [1.29, 1.82) is 0 Å². The Kier molecular flexibility index (Phi) is 4.74. The van der Waals surface area contributed by atoms with Crippen LogP contribution in [0.5, 0.6) is 0 Å². The smallest absolute Gasteiger partial charge is 0.449 e. The Balaban J connectivity index is 1.52. The first-order valence-corrected chi connectivity index (χ1v) is 10.3. The van der Waals surface area contributed by atoms with Crippen LogP contribution in [0.4, 0.5) is 10.7 Å². The van der Waals surface area contributed by atoms with Crippen LogP contribution >= 0.6 is 34.9 Å². The molecule has 0 aliphatic carbocycles. The van der Waals surface area contributed by atoms with Gasteiger partial charge >= 0.3 is 6.16 Å². The van der Waals surface area contributed by atoms with Gasteiger partial charge in [-0.3, -0.25) is 9.69 Å². The molecule has 2 aliphatic rings. The minimum Gasteiger partial charge on any atom is -0.449 e. The number of imidazole rings is 1. The lowest BCUT2D eigenvalue weighted by Gasteiger charge is -2.49. The second-order valence-corrected chi connectivity index (χ2v) is 8.40. The molecule has 0 aromatic carbocycles. The summed E-state index contributed by atoms with van der Waals surface area (Å²) in [6.07, 6.45) is 1.79. The maximum atomic E-state index is 12.6. The normalized spacial score (nSPS) is 22.0. The number of carbonyl (C=O) groups excluding carboxylic acids is 1. The van der Waals surface area contributed by atoms with E-state index in [1.54, 1.807) is 29.7 Å². The van der Waals surface area contributed by atoms with Crippen molar-refractivity contribution in [2.45, 2.75) is 15.8 Å². The van der Waals surface area contributed by atoms with Crippen molar-refractivity contribution < 1.29 is 19.4 Å². The van der Waals surface area contributed by atoms with Crippen LogP contribution in [0.25, 0.3) is 0 Å². The Hall–Kier alpha value is -2.25. The van der Waals surface area contributed by atoms with E-state index in [1.165, 1.54) is 28.0 Å². The number of carboxylic acid groups (broad SMARTS) is 1. The van der Waals surface area contributed by atoms with E-state index in [4.69, 9.17) is 9.84 Å². The molecule has 3 N–H and O–H groups in total. The standard InChI is InChI=1S/C13H12N6O4S3/c20-8-7(17-11-14-1-2-15-11)10-19(8)9(23-13(21)22)6(3-24-10)4-25-12-18-16-5-26-12/h1-2,5,7,10H,3-4H2,(H,21,22)(H2,14,15,17)/t7?,10-/m0/s1. The molecule has 2 aliphatic heterocycles. The minimum atomic E-state index is -1.45. The molecular weight excluding hydrogens is 400 g/mol. The van der Waals surface area contributed by atoms with E-state index in [2.05, 4.69) is 25.5 Å². The van der Waals surface area contributed by atoms with Crippen LogP contribution in [0.15, 0.2) is 33.7 Å². The Labute approximate surface area is 159 Å². The fourth-order valence-corrected chi connectivity index (χ4v) is 5.51. The summed E-state index contributed by atoms with van der Waals surface area (Å²) in [5.74, 6) is 1.36. The number of aromatic amines is 1. The lowest BCUT2D eigenvalue weighted by Crippen LogP contribution is -2.67. The van der Waals surface area contributed by atoms with Gasteiger partial charge in [-0.15, -0.1) is 22.0 Å². The van der Waals surface area contributed by atoms with Gasteiger partial charge in [0.15, 0.2) is 4.34 Å². The molecule has 1 saturated heterocycles. The summed E-state index contributed by atoms with van der Waals surface area (Å²) in [6, 6.07) is -0.490. The third-order valence-corrected chi connectivity index (χ3v) is 6.96. The van der Waals surface area contributed by atoms with Crippen molar-refractivity contribution in [3.63, 3.8) is 0 Å². The topological polar surface area (TPSA) is 133 Å². The predicted molar refractivity (Wildman–Crippen MR) is 95.9 cm³/mol. The maximum Gasteiger partial charge on any atom is 0.512 e. The van der Waals surface area contributed by atoms with Gasteiger partial charge in [0.25, 0.3) is 5.91 Å². The zero-order valence-electron chi connectivity index (χ0n) is 13.0. The van der Waals surface area contributed by atoms with Crippen molar-refractivity contribution in [2.75, 3.05) is 16.8 Å². The summed E-state index contributed by atoms with van der Waals surface area (Å²) >= 11 is 4.37. The van der Waals surface area contributed by atoms with Crippen molar-refractivity contribution in [1.82, 2.24) is 25.1 Å². The summed E-state index contributed by atoms with van der Waals surface area (Å²) in [5.41, 5.74) is 2.36. The second kappa shape index (κ2) is 7.17. The van der Waals surface area contributed by atoms with Crippen LogP contribution < -0.4 is 5.32 Å². The lowest BCUT2D eigenvalue weighted by molar-refractivity contribution is -0.143. The lowest BCUT2D eigenvalue weighted by atomic mass is 10.1. The molecule has 1 fully saturated rings. The van der Waals surface area contributed by atoms with Gasteiger partial charge in [-0.25, -0.2) is 9.78 Å². The molecule has 1 amide bonds. The van der Waals surface area contributed by atoms with E-state index >= 15 is 0 Å². The largest absolute Gasteiger partial charge is 0.512 e. The fourth-order valence-electron chi connectivity index (χ4n) is 2.58. The highest BCUT2D eigenvalue weighted by atomic mass is 32.2. The van der Waals surface area contributed by atoms with Gasteiger partial charge in [0, 0.05) is 29.5 Å². The number of thioether (sulfide) groups is 2. The molecule has 1 unspecified atom stereocenters. The molecule has 4 heterocycles. The van der Waals surface area contributed by atoms with Gasteiger partial charge in [0.1, 0.15) is 16.9 Å². The number of hydrogen-bond acceptors (Lipinski definition) is 10. The monoisotopic (exact) mass is 412 g/mol. The van der Waals surface area contributed by atoms with Crippen molar-refractivity contribution in [3.8, 4) is 0 Å². The molecule has 2 aromatic heterocycles. The molecule has 0 spiro atoms. The molecule has 4 rings (SSSR count). The highest BCUT2D eigenvalue weighted by Gasteiger charge is 2.53. The van der Waals surface area contributed by atoms with E-state index in [1.807, 2.05) is 0 Å². The number of hydrogen-bond donors (Lipinski definition) is 3. The van der Waals surface area contributed by atoms with Crippen LogP contribution in [-0.4, -0.2) is 65.2 Å². The van der Waals surface area contributed by atoms with Gasteiger partial charge in [-0.2, -0.15) is 0 Å². The van der Waals surface area contributed by atoms with Gasteiger partial charge in [0.05, 0.1) is 0 Å². The molecule has 26 heavy (non-hydrogen) atoms. The van der Waals surface area contributed by atoms with Crippen LogP contribution in [-0.2, 0) is 9.53 Å². The van der Waals surface area contributed by atoms with E-state index in [9.17, 15) is 9.59 Å².